The van der Waals surface area contributed by atoms with Gasteiger partial charge in [-0.05, 0) is 13.8 Å². The molecule has 15 heavy (non-hydrogen) atoms. The first-order valence-electron chi connectivity index (χ1n) is 4.11. The predicted octanol–water partition coefficient (Wildman–Crippen LogP) is 1.11. The van der Waals surface area contributed by atoms with Crippen LogP contribution in [-0.4, -0.2) is 37.1 Å². The molecule has 0 aliphatic rings. The van der Waals surface area contributed by atoms with Crippen LogP contribution in [0.4, 0.5) is 9.59 Å². The van der Waals surface area contributed by atoms with Gasteiger partial charge in [-0.3, -0.25) is 0 Å². The molecule has 0 heterocycles. The zero-order chi connectivity index (χ0) is 11.7. The lowest BCUT2D eigenvalue weighted by atomic mass is 10.8. The van der Waals surface area contributed by atoms with Crippen LogP contribution >= 0.6 is 0 Å². The van der Waals surface area contributed by atoms with Crippen molar-refractivity contribution in [2.24, 2.45) is 0 Å². The molecule has 0 amide bonds. The van der Waals surface area contributed by atoms with Gasteiger partial charge in [-0.15, -0.1) is 0 Å². The minimum atomic E-state index is -1.77. The van der Waals surface area contributed by atoms with Crippen LogP contribution in [0, 0.1) is 0 Å². The van der Waals surface area contributed by atoms with Crippen LogP contribution in [0.15, 0.2) is 0 Å². The summed E-state index contributed by atoms with van der Waals surface area (Å²) in [5, 5.41) is 7.99. The van der Waals surface area contributed by atoms with Gasteiger partial charge in [0.25, 0.3) is 0 Å². The molecular weight excluding hydrogens is 212 g/mol. The third-order valence-corrected chi connectivity index (χ3v) is 0.979. The molecule has 0 atom stereocenters. The first kappa shape index (κ1) is 13.5. The van der Waals surface area contributed by atoms with Gasteiger partial charge in [0.2, 0.25) is 0 Å². The Bertz CT molecular complexity index is 197. The number of ether oxygens (including phenoxy) is 3. The average molecular weight is 224 g/mol. The molecule has 8 nitrogen and oxygen atoms in total. The zero-order valence-corrected chi connectivity index (χ0v) is 8.30. The Morgan fingerprint density at radius 2 is 1.67 bits per heavy atom. The Balaban J connectivity index is 3.82. The zero-order valence-electron chi connectivity index (χ0n) is 8.30. The molecule has 0 bridgehead atoms. The second-order valence-corrected chi connectivity index (χ2v) is 2.00. The second kappa shape index (κ2) is 7.83. The fourth-order valence-corrected chi connectivity index (χ4v) is 0.556. The predicted molar refractivity (Wildman–Crippen MR) is 43.7 cm³/mol. The van der Waals surface area contributed by atoms with E-state index in [0.29, 0.717) is 0 Å². The molecule has 0 saturated heterocycles. The summed E-state index contributed by atoms with van der Waals surface area (Å²) in [6.45, 7) is 2.57. The number of rotatable bonds is 5. The van der Waals surface area contributed by atoms with Gasteiger partial charge in [0.1, 0.15) is 0 Å². The van der Waals surface area contributed by atoms with Crippen molar-refractivity contribution in [3.63, 3.8) is 0 Å². The van der Waals surface area contributed by atoms with E-state index in [1.807, 2.05) is 0 Å². The van der Waals surface area contributed by atoms with E-state index in [2.05, 4.69) is 14.5 Å². The van der Waals surface area contributed by atoms with Crippen molar-refractivity contribution in [1.82, 2.24) is 0 Å². The van der Waals surface area contributed by atoms with Crippen LogP contribution in [0.3, 0.4) is 0 Å². The highest BCUT2D eigenvalue weighted by Gasteiger charge is 2.17. The van der Waals surface area contributed by atoms with Crippen molar-refractivity contribution in [2.75, 3.05) is 13.2 Å². The summed E-state index contributed by atoms with van der Waals surface area (Å²) in [6, 6.07) is 0. The Hall–Kier alpha value is -1.54. The van der Waals surface area contributed by atoms with Gasteiger partial charge in [-0.2, -0.15) is 9.68 Å². The van der Waals surface area contributed by atoms with E-state index in [1.165, 1.54) is 0 Å². The van der Waals surface area contributed by atoms with Crippen LogP contribution in [0.1, 0.15) is 13.8 Å². The van der Waals surface area contributed by atoms with Crippen molar-refractivity contribution in [1.29, 1.82) is 0 Å². The van der Waals surface area contributed by atoms with Crippen molar-refractivity contribution in [3.05, 3.63) is 0 Å². The van der Waals surface area contributed by atoms with Crippen molar-refractivity contribution >= 4 is 12.3 Å². The summed E-state index contributed by atoms with van der Waals surface area (Å²) in [5.74, 6) is 0. The van der Waals surface area contributed by atoms with Crippen LogP contribution in [0.2, 0.25) is 0 Å². The van der Waals surface area contributed by atoms with Gasteiger partial charge in [0.05, 0.1) is 13.2 Å². The average Bonchev–Trinajstić information content (AvgIpc) is 2.15. The van der Waals surface area contributed by atoms with Crippen LogP contribution in [-0.2, 0) is 24.0 Å². The first-order valence-corrected chi connectivity index (χ1v) is 4.11. The largest absolute Gasteiger partial charge is 0.554 e. The molecule has 0 aliphatic heterocycles. The maximum Gasteiger partial charge on any atom is 0.554 e. The smallest absolute Gasteiger partial charge is 0.447 e. The molecule has 88 valence electrons. The van der Waals surface area contributed by atoms with Crippen molar-refractivity contribution < 1.29 is 38.7 Å². The van der Waals surface area contributed by atoms with E-state index in [0.717, 1.165) is 0 Å². The van der Waals surface area contributed by atoms with Gasteiger partial charge < -0.3 is 19.3 Å². The summed E-state index contributed by atoms with van der Waals surface area (Å²) in [6.07, 6.45) is -3.14. The first-order chi connectivity index (χ1) is 7.10. The van der Waals surface area contributed by atoms with E-state index in [-0.39, 0.29) is 13.2 Å². The van der Waals surface area contributed by atoms with Gasteiger partial charge in [0.15, 0.2) is 0 Å². The maximum atomic E-state index is 10.7. The summed E-state index contributed by atoms with van der Waals surface area (Å²) in [7, 11) is 0. The summed E-state index contributed by atoms with van der Waals surface area (Å²) >= 11 is 0. The lowest BCUT2D eigenvalue weighted by Crippen LogP contribution is -2.25. The van der Waals surface area contributed by atoms with Crippen LogP contribution in [0.25, 0.3) is 0 Å². The Kier molecular flexibility index (Phi) is 7.02. The normalized spacial score (nSPS) is 9.80. The molecule has 0 rings (SSSR count). The molecule has 0 unspecified atom stereocenters. The molecule has 0 saturated carbocycles. The van der Waals surface area contributed by atoms with E-state index >= 15 is 0 Å². The summed E-state index contributed by atoms with van der Waals surface area (Å²) in [4.78, 5) is 27.7. The molecule has 1 N–H and O–H groups in total. The monoisotopic (exact) mass is 224 g/mol. The molecular formula is C7H12O8. The quantitative estimate of drug-likeness (QED) is 0.320. The molecule has 0 aromatic carbocycles. The minimum absolute atomic E-state index is 0.248. The molecule has 0 radical (unpaired) electrons. The number of carbonyl (C=O) groups is 2. The Morgan fingerprint density at radius 3 is 2.07 bits per heavy atom. The Labute approximate surface area is 85.5 Å². The van der Waals surface area contributed by atoms with E-state index in [4.69, 9.17) is 14.6 Å². The van der Waals surface area contributed by atoms with E-state index < -0.39 is 18.8 Å². The van der Waals surface area contributed by atoms with Crippen LogP contribution in [0.5, 0.6) is 0 Å². The third-order valence-electron chi connectivity index (χ3n) is 0.979. The van der Waals surface area contributed by atoms with Gasteiger partial charge in [0, 0.05) is 0 Å². The minimum Gasteiger partial charge on any atom is -0.447 e. The Morgan fingerprint density at radius 1 is 1.13 bits per heavy atom. The highest BCUT2D eigenvalue weighted by Crippen LogP contribution is 2.00. The molecule has 0 aliphatic carbocycles. The summed E-state index contributed by atoms with van der Waals surface area (Å²) < 4.78 is 14.0. The highest BCUT2D eigenvalue weighted by molar-refractivity contribution is 5.62. The standard InChI is InChI=1S/C7H12O8/c1-3-11-7(12-4-2)13-6(10)15-14-5(8)9/h7H,3-4H2,1-2H3,(H,8,9). The molecule has 0 fully saturated rings. The number of carboxylic acid groups (broad SMARTS) is 1. The van der Waals surface area contributed by atoms with Crippen molar-refractivity contribution in [2.45, 2.75) is 20.3 Å². The third kappa shape index (κ3) is 7.52. The number of hydrogen-bond acceptors (Lipinski definition) is 7. The lowest BCUT2D eigenvalue weighted by molar-refractivity contribution is -0.291. The fourth-order valence-electron chi connectivity index (χ4n) is 0.556. The molecule has 8 heteroatoms. The maximum absolute atomic E-state index is 10.7. The molecule has 0 aromatic heterocycles. The fraction of sp³-hybridized carbons (Fsp3) is 0.714. The lowest BCUT2D eigenvalue weighted by Gasteiger charge is -2.15. The second-order valence-electron chi connectivity index (χ2n) is 2.00. The van der Waals surface area contributed by atoms with E-state index in [9.17, 15) is 9.59 Å². The van der Waals surface area contributed by atoms with Crippen molar-refractivity contribution in [3.8, 4) is 0 Å². The summed E-state index contributed by atoms with van der Waals surface area (Å²) in [5.41, 5.74) is 0. The van der Waals surface area contributed by atoms with Gasteiger partial charge in [-0.1, -0.05) is 0 Å². The SMILES string of the molecule is CCOC(OCC)OC(=O)OOC(=O)O. The highest BCUT2D eigenvalue weighted by atomic mass is 17.3. The van der Waals surface area contributed by atoms with Gasteiger partial charge >= 0.3 is 18.8 Å². The topological polar surface area (TPSA) is 101 Å². The van der Waals surface area contributed by atoms with E-state index in [1.54, 1.807) is 13.8 Å². The molecule has 0 aromatic rings. The van der Waals surface area contributed by atoms with Crippen LogP contribution < -0.4 is 0 Å². The molecule has 0 spiro atoms. The van der Waals surface area contributed by atoms with Gasteiger partial charge in [-0.25, -0.2) is 9.68 Å². The number of carbonyl (C=O) groups excluding carboxylic acids is 1. The number of hydrogen-bond donors (Lipinski definition) is 1.